The monoisotopic (exact) mass is 290 g/mol. The van der Waals surface area contributed by atoms with E-state index in [9.17, 15) is 0 Å². The zero-order valence-electron chi connectivity index (χ0n) is 13.1. The summed E-state index contributed by atoms with van der Waals surface area (Å²) in [6.07, 6.45) is 2.59. The van der Waals surface area contributed by atoms with E-state index in [0.29, 0.717) is 13.2 Å². The van der Waals surface area contributed by atoms with E-state index >= 15 is 0 Å². The van der Waals surface area contributed by atoms with Crippen LogP contribution >= 0.6 is 0 Å². The summed E-state index contributed by atoms with van der Waals surface area (Å²) in [6, 6.07) is 3.96. The fourth-order valence-electron chi connectivity index (χ4n) is 3.30. The number of piperidine rings is 1. The second-order valence-electron chi connectivity index (χ2n) is 6.55. The van der Waals surface area contributed by atoms with Gasteiger partial charge in [0.1, 0.15) is 13.2 Å². The number of hydrogen-bond acceptors (Lipinski definition) is 4. The molecule has 1 saturated heterocycles. The predicted molar refractivity (Wildman–Crippen MR) is 84.7 cm³/mol. The van der Waals surface area contributed by atoms with Crippen molar-refractivity contribution >= 4 is 5.69 Å². The van der Waals surface area contributed by atoms with E-state index in [0.717, 1.165) is 54.2 Å². The van der Waals surface area contributed by atoms with Gasteiger partial charge in [-0.15, -0.1) is 0 Å². The van der Waals surface area contributed by atoms with E-state index in [1.807, 2.05) is 6.07 Å². The van der Waals surface area contributed by atoms with Crippen molar-refractivity contribution < 1.29 is 9.47 Å². The number of rotatable bonds is 3. The van der Waals surface area contributed by atoms with Gasteiger partial charge in [0.05, 0.1) is 0 Å². The molecular weight excluding hydrogens is 264 g/mol. The molecule has 2 aliphatic rings. The first-order valence-electron chi connectivity index (χ1n) is 8.04. The predicted octanol–water partition coefficient (Wildman–Crippen LogP) is 2.91. The summed E-state index contributed by atoms with van der Waals surface area (Å²) in [6.45, 7) is 9.13. The molecule has 0 saturated carbocycles. The Morgan fingerprint density at radius 2 is 1.76 bits per heavy atom. The minimum atomic E-state index is 0.606. The number of ether oxygens (including phenoxy) is 2. The number of nitrogens with zero attached hydrogens (tertiary/aromatic N) is 1. The highest BCUT2D eigenvalue weighted by atomic mass is 16.6. The van der Waals surface area contributed by atoms with Gasteiger partial charge in [-0.3, -0.25) is 4.90 Å². The molecule has 1 aromatic rings. The maximum absolute atomic E-state index is 6.18. The molecule has 2 N–H and O–H groups in total. The molecule has 116 valence electrons. The SMILES string of the molecule is CC(C)C1CCN(Cc2cc3c(cc2N)OCCO3)CC1. The van der Waals surface area contributed by atoms with Crippen molar-refractivity contribution in [2.75, 3.05) is 32.0 Å². The summed E-state index contributed by atoms with van der Waals surface area (Å²) in [7, 11) is 0. The first-order chi connectivity index (χ1) is 10.1. The Morgan fingerprint density at radius 3 is 2.38 bits per heavy atom. The van der Waals surface area contributed by atoms with Crippen LogP contribution in [0.1, 0.15) is 32.3 Å². The Hall–Kier alpha value is -1.42. The van der Waals surface area contributed by atoms with Crippen molar-refractivity contribution in [3.63, 3.8) is 0 Å². The number of benzene rings is 1. The van der Waals surface area contributed by atoms with Crippen LogP contribution in [0.25, 0.3) is 0 Å². The first kappa shape index (κ1) is 14.5. The van der Waals surface area contributed by atoms with Crippen LogP contribution in [-0.2, 0) is 6.54 Å². The van der Waals surface area contributed by atoms with Crippen molar-refractivity contribution in [3.8, 4) is 11.5 Å². The van der Waals surface area contributed by atoms with Gasteiger partial charge in [0, 0.05) is 18.3 Å². The van der Waals surface area contributed by atoms with E-state index in [4.69, 9.17) is 15.2 Å². The maximum Gasteiger partial charge on any atom is 0.163 e. The van der Waals surface area contributed by atoms with Crippen LogP contribution in [0.4, 0.5) is 5.69 Å². The molecular formula is C17H26N2O2. The number of hydrogen-bond donors (Lipinski definition) is 1. The number of anilines is 1. The normalized spacial score (nSPS) is 20.0. The summed E-state index contributed by atoms with van der Waals surface area (Å²) in [4.78, 5) is 2.50. The van der Waals surface area contributed by atoms with E-state index in [2.05, 4.69) is 24.8 Å². The van der Waals surface area contributed by atoms with Crippen molar-refractivity contribution in [3.05, 3.63) is 17.7 Å². The van der Waals surface area contributed by atoms with Crippen LogP contribution in [-0.4, -0.2) is 31.2 Å². The van der Waals surface area contributed by atoms with Crippen molar-refractivity contribution in [2.24, 2.45) is 11.8 Å². The number of likely N-dealkylation sites (tertiary alicyclic amines) is 1. The molecule has 0 unspecified atom stereocenters. The van der Waals surface area contributed by atoms with Gasteiger partial charge in [0.15, 0.2) is 11.5 Å². The fourth-order valence-corrected chi connectivity index (χ4v) is 3.30. The highest BCUT2D eigenvalue weighted by Gasteiger charge is 2.23. The van der Waals surface area contributed by atoms with Gasteiger partial charge in [0.25, 0.3) is 0 Å². The Labute approximate surface area is 127 Å². The van der Waals surface area contributed by atoms with Crippen molar-refractivity contribution in [2.45, 2.75) is 33.2 Å². The van der Waals surface area contributed by atoms with Crippen LogP contribution in [0, 0.1) is 11.8 Å². The Balaban J connectivity index is 1.65. The van der Waals surface area contributed by atoms with Crippen molar-refractivity contribution in [1.82, 2.24) is 4.90 Å². The smallest absolute Gasteiger partial charge is 0.163 e. The molecule has 4 heteroatoms. The van der Waals surface area contributed by atoms with E-state index in [1.165, 1.54) is 12.8 Å². The van der Waals surface area contributed by atoms with Crippen LogP contribution < -0.4 is 15.2 Å². The highest BCUT2D eigenvalue weighted by molar-refractivity contribution is 5.58. The van der Waals surface area contributed by atoms with Gasteiger partial charge in [-0.05, 0) is 49.4 Å². The van der Waals surface area contributed by atoms with Gasteiger partial charge in [-0.25, -0.2) is 0 Å². The largest absolute Gasteiger partial charge is 0.486 e. The molecule has 2 aliphatic heterocycles. The zero-order valence-corrected chi connectivity index (χ0v) is 13.1. The van der Waals surface area contributed by atoms with Gasteiger partial charge >= 0.3 is 0 Å². The molecule has 3 rings (SSSR count). The molecule has 0 aliphatic carbocycles. The molecule has 0 bridgehead atoms. The molecule has 0 atom stereocenters. The summed E-state index contributed by atoms with van der Waals surface area (Å²) in [5.74, 6) is 3.29. The lowest BCUT2D eigenvalue weighted by Crippen LogP contribution is -2.35. The average Bonchev–Trinajstić information content (AvgIpc) is 2.48. The molecule has 0 radical (unpaired) electrons. The Morgan fingerprint density at radius 1 is 1.14 bits per heavy atom. The number of fused-ring (bicyclic) bond motifs is 1. The van der Waals surface area contributed by atoms with E-state index in [-0.39, 0.29) is 0 Å². The second kappa shape index (κ2) is 6.14. The van der Waals surface area contributed by atoms with E-state index < -0.39 is 0 Å². The minimum Gasteiger partial charge on any atom is -0.486 e. The summed E-state index contributed by atoms with van der Waals surface area (Å²) >= 11 is 0. The first-order valence-corrected chi connectivity index (χ1v) is 8.04. The highest BCUT2D eigenvalue weighted by Crippen LogP contribution is 2.35. The zero-order chi connectivity index (χ0) is 14.8. The Kier molecular flexibility index (Phi) is 4.24. The Bertz CT molecular complexity index is 494. The molecule has 4 nitrogen and oxygen atoms in total. The molecule has 1 fully saturated rings. The number of nitrogens with two attached hydrogens (primary N) is 1. The third-order valence-corrected chi connectivity index (χ3v) is 4.77. The fraction of sp³-hybridized carbons (Fsp3) is 0.647. The van der Waals surface area contributed by atoms with Crippen LogP contribution in [0.5, 0.6) is 11.5 Å². The quantitative estimate of drug-likeness (QED) is 0.870. The van der Waals surface area contributed by atoms with Crippen LogP contribution in [0.2, 0.25) is 0 Å². The summed E-state index contributed by atoms with van der Waals surface area (Å²) < 4.78 is 11.2. The molecule has 0 amide bonds. The maximum atomic E-state index is 6.18. The van der Waals surface area contributed by atoms with Crippen molar-refractivity contribution in [1.29, 1.82) is 0 Å². The molecule has 0 aromatic heterocycles. The lowest BCUT2D eigenvalue weighted by Gasteiger charge is -2.34. The topological polar surface area (TPSA) is 47.7 Å². The van der Waals surface area contributed by atoms with Gasteiger partial charge in [-0.1, -0.05) is 13.8 Å². The third kappa shape index (κ3) is 3.26. The third-order valence-electron chi connectivity index (χ3n) is 4.77. The molecule has 1 aromatic carbocycles. The second-order valence-corrected chi connectivity index (χ2v) is 6.55. The van der Waals surface area contributed by atoms with E-state index in [1.54, 1.807) is 0 Å². The molecule has 21 heavy (non-hydrogen) atoms. The van der Waals surface area contributed by atoms with Crippen LogP contribution in [0.15, 0.2) is 12.1 Å². The lowest BCUT2D eigenvalue weighted by molar-refractivity contribution is 0.151. The van der Waals surface area contributed by atoms with Gasteiger partial charge < -0.3 is 15.2 Å². The average molecular weight is 290 g/mol. The summed E-state index contributed by atoms with van der Waals surface area (Å²) in [5, 5.41) is 0. The minimum absolute atomic E-state index is 0.606. The molecule has 0 spiro atoms. The lowest BCUT2D eigenvalue weighted by atomic mass is 9.86. The summed E-state index contributed by atoms with van der Waals surface area (Å²) in [5.41, 5.74) is 8.14. The van der Waals surface area contributed by atoms with Gasteiger partial charge in [-0.2, -0.15) is 0 Å². The number of nitrogen functional groups attached to an aromatic ring is 1. The standard InChI is InChI=1S/C17H26N2O2/c1-12(2)13-3-5-19(6-4-13)11-14-9-16-17(10-15(14)18)21-8-7-20-16/h9-10,12-13H,3-8,11,18H2,1-2H3. The van der Waals surface area contributed by atoms with Gasteiger partial charge in [0.2, 0.25) is 0 Å². The van der Waals surface area contributed by atoms with Crippen LogP contribution in [0.3, 0.4) is 0 Å². The molecule has 2 heterocycles.